The number of allylic oxidation sites excluding steroid dienone is 5. The van der Waals surface area contributed by atoms with Crippen LogP contribution in [0.1, 0.15) is 63.7 Å². The van der Waals surface area contributed by atoms with E-state index in [1.165, 1.54) is 16.7 Å². The number of carboxylic acids is 1. The topological polar surface area (TPSA) is 58.6 Å². The van der Waals surface area contributed by atoms with E-state index in [1.807, 2.05) is 0 Å². The normalized spacial score (nSPS) is 11.9. The summed E-state index contributed by atoms with van der Waals surface area (Å²) in [7, 11) is 1.58. The number of nitrogens with one attached hydrogen (secondary N) is 1. The molecule has 0 bridgehead atoms. The fraction of sp³-hybridized carbons (Fsp3) is 0.435. The molecule has 4 nitrogen and oxygen atoms in total. The van der Waals surface area contributed by atoms with Gasteiger partial charge < -0.3 is 15.2 Å². The Balaban J connectivity index is 2.50. The number of anilines is 1. The van der Waals surface area contributed by atoms with Crippen LogP contribution in [-0.4, -0.2) is 24.7 Å². The first-order valence-electron chi connectivity index (χ1n) is 9.43. The lowest BCUT2D eigenvalue weighted by molar-refractivity contribution is 0.0697. The summed E-state index contributed by atoms with van der Waals surface area (Å²) in [5, 5.41) is 12.4. The van der Waals surface area contributed by atoms with Gasteiger partial charge in [0.2, 0.25) is 0 Å². The fourth-order valence-electron chi connectivity index (χ4n) is 2.65. The minimum atomic E-state index is -0.945. The number of aromatic carboxylic acids is 1. The van der Waals surface area contributed by atoms with Crippen molar-refractivity contribution in [3.05, 3.63) is 58.7 Å². The van der Waals surface area contributed by atoms with E-state index in [0.29, 0.717) is 18.0 Å². The summed E-state index contributed by atoms with van der Waals surface area (Å²) >= 11 is 0. The highest BCUT2D eigenvalue weighted by molar-refractivity contribution is 5.89. The molecule has 0 radical (unpaired) electrons. The summed E-state index contributed by atoms with van der Waals surface area (Å²) in [4.78, 5) is 11.1. The van der Waals surface area contributed by atoms with Crippen LogP contribution in [0.25, 0.3) is 0 Å². The van der Waals surface area contributed by atoms with E-state index in [9.17, 15) is 4.79 Å². The second-order valence-corrected chi connectivity index (χ2v) is 7.06. The van der Waals surface area contributed by atoms with Gasteiger partial charge in [-0.25, -0.2) is 4.79 Å². The van der Waals surface area contributed by atoms with Gasteiger partial charge >= 0.3 is 5.97 Å². The molecule has 4 heteroatoms. The quantitative estimate of drug-likeness (QED) is 0.453. The third kappa shape index (κ3) is 9.13. The van der Waals surface area contributed by atoms with Crippen LogP contribution in [0.5, 0.6) is 5.75 Å². The molecule has 148 valence electrons. The van der Waals surface area contributed by atoms with Gasteiger partial charge in [0.25, 0.3) is 0 Å². The summed E-state index contributed by atoms with van der Waals surface area (Å²) in [6, 6.07) is 4.81. The SMILES string of the molecule is COc1ccc(C(=O)O)cc1NC/C=C(\C)CC/C=C(\C)CCC=C(C)C. The summed E-state index contributed by atoms with van der Waals surface area (Å²) in [5.41, 5.74) is 5.06. The van der Waals surface area contributed by atoms with E-state index in [2.05, 4.69) is 51.2 Å². The number of methoxy groups -OCH3 is 1. The molecule has 0 saturated carbocycles. The molecule has 0 aliphatic rings. The monoisotopic (exact) mass is 371 g/mol. The maximum atomic E-state index is 11.1. The maximum absolute atomic E-state index is 11.1. The minimum Gasteiger partial charge on any atom is -0.495 e. The second-order valence-electron chi connectivity index (χ2n) is 7.06. The molecular formula is C23H33NO3. The molecule has 0 amide bonds. The summed E-state index contributed by atoms with van der Waals surface area (Å²) in [6.45, 7) is 9.22. The van der Waals surface area contributed by atoms with Crippen molar-refractivity contribution in [1.82, 2.24) is 0 Å². The first-order chi connectivity index (χ1) is 12.8. The van der Waals surface area contributed by atoms with Gasteiger partial charge in [0.1, 0.15) is 5.75 Å². The number of carbonyl (C=O) groups is 1. The Morgan fingerprint density at radius 2 is 1.67 bits per heavy atom. The largest absolute Gasteiger partial charge is 0.495 e. The predicted molar refractivity (Wildman–Crippen MR) is 114 cm³/mol. The van der Waals surface area contributed by atoms with Crippen LogP contribution in [0.2, 0.25) is 0 Å². The van der Waals surface area contributed by atoms with Crippen LogP contribution in [0, 0.1) is 0 Å². The first-order valence-corrected chi connectivity index (χ1v) is 9.43. The van der Waals surface area contributed by atoms with Gasteiger partial charge in [-0.15, -0.1) is 0 Å². The number of hydrogen-bond donors (Lipinski definition) is 2. The van der Waals surface area contributed by atoms with Crippen molar-refractivity contribution in [2.24, 2.45) is 0 Å². The summed E-state index contributed by atoms with van der Waals surface area (Å²) in [5.74, 6) is -0.305. The highest BCUT2D eigenvalue weighted by atomic mass is 16.5. The zero-order valence-electron chi connectivity index (χ0n) is 17.3. The predicted octanol–water partition coefficient (Wildman–Crippen LogP) is 6.22. The van der Waals surface area contributed by atoms with Crippen LogP contribution in [-0.2, 0) is 0 Å². The van der Waals surface area contributed by atoms with Crippen molar-refractivity contribution in [2.45, 2.75) is 53.4 Å². The number of carboxylic acid groups (broad SMARTS) is 1. The van der Waals surface area contributed by atoms with Gasteiger partial charge in [-0.1, -0.05) is 34.9 Å². The average molecular weight is 372 g/mol. The fourth-order valence-corrected chi connectivity index (χ4v) is 2.65. The molecule has 0 aliphatic carbocycles. The molecular weight excluding hydrogens is 338 g/mol. The van der Waals surface area contributed by atoms with Crippen molar-refractivity contribution in [3.8, 4) is 5.75 Å². The lowest BCUT2D eigenvalue weighted by Gasteiger charge is -2.11. The highest BCUT2D eigenvalue weighted by Crippen LogP contribution is 2.25. The van der Waals surface area contributed by atoms with E-state index in [0.717, 1.165) is 25.7 Å². The molecule has 0 heterocycles. The Morgan fingerprint density at radius 1 is 1.04 bits per heavy atom. The Kier molecular flexibility index (Phi) is 10.0. The smallest absolute Gasteiger partial charge is 0.335 e. The highest BCUT2D eigenvalue weighted by Gasteiger charge is 2.08. The van der Waals surface area contributed by atoms with Crippen LogP contribution in [0.15, 0.2) is 53.1 Å². The van der Waals surface area contributed by atoms with Crippen molar-refractivity contribution in [1.29, 1.82) is 0 Å². The van der Waals surface area contributed by atoms with Crippen molar-refractivity contribution >= 4 is 11.7 Å². The van der Waals surface area contributed by atoms with Gasteiger partial charge in [-0.3, -0.25) is 0 Å². The van der Waals surface area contributed by atoms with E-state index < -0.39 is 5.97 Å². The molecule has 0 aliphatic heterocycles. The van der Waals surface area contributed by atoms with Crippen LogP contribution in [0.4, 0.5) is 5.69 Å². The first kappa shape index (κ1) is 22.6. The van der Waals surface area contributed by atoms with Gasteiger partial charge in [0.05, 0.1) is 18.4 Å². The Labute approximate surface area is 163 Å². The standard InChI is InChI=1S/C23H33NO3/c1-17(2)8-6-9-18(3)10-7-11-19(4)14-15-24-21-16-20(23(25)26)12-13-22(21)27-5/h8,10,12-14,16,24H,6-7,9,11,15H2,1-5H3,(H,25,26)/b18-10+,19-14+. The van der Waals surface area contributed by atoms with Crippen molar-refractivity contribution < 1.29 is 14.6 Å². The molecule has 0 fully saturated rings. The number of rotatable bonds is 11. The van der Waals surface area contributed by atoms with E-state index in [1.54, 1.807) is 25.3 Å². The summed E-state index contributed by atoms with van der Waals surface area (Å²) in [6.07, 6.45) is 11.0. The molecule has 1 aromatic carbocycles. The molecule has 0 aromatic heterocycles. The van der Waals surface area contributed by atoms with Crippen LogP contribution < -0.4 is 10.1 Å². The van der Waals surface area contributed by atoms with Gasteiger partial charge in [-0.2, -0.15) is 0 Å². The number of hydrogen-bond acceptors (Lipinski definition) is 3. The lowest BCUT2D eigenvalue weighted by Crippen LogP contribution is -2.04. The molecule has 0 atom stereocenters. The molecule has 0 saturated heterocycles. The molecule has 2 N–H and O–H groups in total. The van der Waals surface area contributed by atoms with Crippen LogP contribution in [0.3, 0.4) is 0 Å². The number of benzene rings is 1. The van der Waals surface area contributed by atoms with E-state index >= 15 is 0 Å². The van der Waals surface area contributed by atoms with Gasteiger partial charge in [0.15, 0.2) is 0 Å². The van der Waals surface area contributed by atoms with Crippen molar-refractivity contribution in [2.75, 3.05) is 19.0 Å². The summed E-state index contributed by atoms with van der Waals surface area (Å²) < 4.78 is 5.29. The maximum Gasteiger partial charge on any atom is 0.335 e. The average Bonchev–Trinajstić information content (AvgIpc) is 2.61. The van der Waals surface area contributed by atoms with E-state index in [4.69, 9.17) is 9.84 Å². The van der Waals surface area contributed by atoms with Gasteiger partial charge in [-0.05, 0) is 71.6 Å². The Morgan fingerprint density at radius 3 is 2.26 bits per heavy atom. The molecule has 1 rings (SSSR count). The molecule has 27 heavy (non-hydrogen) atoms. The molecule has 0 unspecified atom stereocenters. The number of ether oxygens (including phenoxy) is 1. The van der Waals surface area contributed by atoms with Crippen molar-refractivity contribution in [3.63, 3.8) is 0 Å². The third-order valence-electron chi connectivity index (χ3n) is 4.31. The van der Waals surface area contributed by atoms with E-state index in [-0.39, 0.29) is 5.56 Å². The zero-order chi connectivity index (χ0) is 20.2. The van der Waals surface area contributed by atoms with Crippen LogP contribution >= 0.6 is 0 Å². The minimum absolute atomic E-state index is 0.243. The molecule has 1 aromatic rings. The third-order valence-corrected chi connectivity index (χ3v) is 4.31. The second kappa shape index (κ2) is 12.0. The Hall–Kier alpha value is -2.49. The lowest BCUT2D eigenvalue weighted by atomic mass is 10.1. The zero-order valence-corrected chi connectivity index (χ0v) is 17.3. The molecule has 0 spiro atoms. The Bertz CT molecular complexity index is 710. The van der Waals surface area contributed by atoms with Gasteiger partial charge in [0, 0.05) is 6.54 Å².